The number of halogens is 1. The Kier molecular flexibility index (Phi) is 6.19. The predicted octanol–water partition coefficient (Wildman–Crippen LogP) is 2.18. The van der Waals surface area contributed by atoms with Gasteiger partial charge in [-0.1, -0.05) is 30.3 Å². The van der Waals surface area contributed by atoms with Crippen LogP contribution in [-0.4, -0.2) is 40.6 Å². The van der Waals surface area contributed by atoms with E-state index in [4.69, 9.17) is 0 Å². The van der Waals surface area contributed by atoms with E-state index in [1.165, 1.54) is 5.56 Å². The molecule has 3 rings (SSSR count). The van der Waals surface area contributed by atoms with Crippen molar-refractivity contribution in [2.75, 3.05) is 19.6 Å². The highest BCUT2D eigenvalue weighted by Crippen LogP contribution is 2.17. The summed E-state index contributed by atoms with van der Waals surface area (Å²) in [6, 6.07) is 10.3. The van der Waals surface area contributed by atoms with E-state index in [1.54, 1.807) is 0 Å². The average molecular weight is 335 g/mol. The van der Waals surface area contributed by atoms with Crippen molar-refractivity contribution in [3.8, 4) is 0 Å². The van der Waals surface area contributed by atoms with E-state index in [-0.39, 0.29) is 18.3 Å². The fraction of sp³-hybridized carbons (Fsp3) is 0.412. The third kappa shape index (κ3) is 3.92. The summed E-state index contributed by atoms with van der Waals surface area (Å²) in [5.41, 5.74) is 3.97. The molecule has 0 radical (unpaired) electrons. The lowest BCUT2D eigenvalue weighted by atomic mass is 10.1. The number of carbonyl (C=O) groups excluding carboxylic acids is 1. The minimum Gasteiger partial charge on any atom is -0.337 e. The number of amides is 1. The number of H-pyrrole nitrogens is 1. The van der Waals surface area contributed by atoms with Gasteiger partial charge in [0.05, 0.1) is 0 Å². The van der Waals surface area contributed by atoms with E-state index in [1.807, 2.05) is 30.0 Å². The molecule has 2 N–H and O–H groups in total. The summed E-state index contributed by atoms with van der Waals surface area (Å²) < 4.78 is 0. The highest BCUT2D eigenvalue weighted by atomic mass is 35.5. The van der Waals surface area contributed by atoms with Gasteiger partial charge < -0.3 is 10.2 Å². The standard InChI is InChI=1S/C17H22N4O.ClH/c1-2-21(11-9-13-6-4-3-5-7-13)17(22)16-14-12-18-10-8-15(14)19-20-16;/h3-7,18H,2,8-12H2,1H3,(H,19,20);1H. The second kappa shape index (κ2) is 8.13. The van der Waals surface area contributed by atoms with Gasteiger partial charge in [0, 0.05) is 43.9 Å². The van der Waals surface area contributed by atoms with Crippen LogP contribution in [0.15, 0.2) is 30.3 Å². The quantitative estimate of drug-likeness (QED) is 0.881. The highest BCUT2D eigenvalue weighted by molar-refractivity contribution is 5.94. The Morgan fingerprint density at radius 1 is 1.30 bits per heavy atom. The third-order valence-corrected chi connectivity index (χ3v) is 4.19. The molecule has 23 heavy (non-hydrogen) atoms. The van der Waals surface area contributed by atoms with Crippen LogP contribution in [0.2, 0.25) is 0 Å². The third-order valence-electron chi connectivity index (χ3n) is 4.19. The van der Waals surface area contributed by atoms with Crippen molar-refractivity contribution in [2.24, 2.45) is 0 Å². The van der Waals surface area contributed by atoms with E-state index >= 15 is 0 Å². The molecule has 1 aromatic carbocycles. The number of rotatable bonds is 5. The first-order chi connectivity index (χ1) is 10.8. The van der Waals surface area contributed by atoms with Gasteiger partial charge >= 0.3 is 0 Å². The summed E-state index contributed by atoms with van der Waals surface area (Å²) in [5, 5.41) is 10.6. The first-order valence-electron chi connectivity index (χ1n) is 7.89. The van der Waals surface area contributed by atoms with Crippen LogP contribution in [0, 0.1) is 0 Å². The summed E-state index contributed by atoms with van der Waals surface area (Å²) in [6.07, 6.45) is 1.77. The summed E-state index contributed by atoms with van der Waals surface area (Å²) >= 11 is 0. The summed E-state index contributed by atoms with van der Waals surface area (Å²) in [5.74, 6) is 0.0274. The number of likely N-dealkylation sites (N-methyl/N-ethyl adjacent to an activating group) is 1. The maximum atomic E-state index is 12.7. The molecule has 0 bridgehead atoms. The second-order valence-electron chi connectivity index (χ2n) is 5.58. The van der Waals surface area contributed by atoms with Gasteiger partial charge in [0.25, 0.3) is 5.91 Å². The van der Waals surface area contributed by atoms with Crippen molar-refractivity contribution in [3.05, 3.63) is 52.8 Å². The SMILES string of the molecule is CCN(CCc1ccccc1)C(=O)c1n[nH]c2c1CNCC2.Cl. The van der Waals surface area contributed by atoms with Gasteiger partial charge in [0.15, 0.2) is 5.69 Å². The highest BCUT2D eigenvalue weighted by Gasteiger charge is 2.24. The van der Waals surface area contributed by atoms with E-state index in [9.17, 15) is 4.79 Å². The van der Waals surface area contributed by atoms with E-state index in [0.717, 1.165) is 37.2 Å². The zero-order valence-electron chi connectivity index (χ0n) is 13.3. The minimum absolute atomic E-state index is 0. The first-order valence-corrected chi connectivity index (χ1v) is 7.89. The molecule has 0 spiro atoms. The molecule has 0 saturated heterocycles. The molecule has 0 unspecified atom stereocenters. The number of nitrogens with one attached hydrogen (secondary N) is 2. The summed E-state index contributed by atoms with van der Waals surface area (Å²) in [7, 11) is 0. The van der Waals surface area contributed by atoms with Crippen LogP contribution in [0.25, 0.3) is 0 Å². The van der Waals surface area contributed by atoms with Crippen LogP contribution in [0.1, 0.15) is 34.2 Å². The van der Waals surface area contributed by atoms with Gasteiger partial charge in [-0.3, -0.25) is 9.89 Å². The van der Waals surface area contributed by atoms with E-state index < -0.39 is 0 Å². The van der Waals surface area contributed by atoms with Gasteiger partial charge in [-0.2, -0.15) is 5.10 Å². The van der Waals surface area contributed by atoms with Crippen molar-refractivity contribution in [1.29, 1.82) is 0 Å². The molecule has 2 aromatic rings. The van der Waals surface area contributed by atoms with E-state index in [2.05, 4.69) is 27.6 Å². The number of aromatic nitrogens is 2. The smallest absolute Gasteiger partial charge is 0.274 e. The Morgan fingerprint density at radius 2 is 2.09 bits per heavy atom. The average Bonchev–Trinajstić information content (AvgIpc) is 3.00. The van der Waals surface area contributed by atoms with Gasteiger partial charge in [-0.15, -0.1) is 12.4 Å². The molecule has 1 aromatic heterocycles. The molecule has 1 aliphatic rings. The molecule has 1 aliphatic heterocycles. The maximum absolute atomic E-state index is 12.7. The summed E-state index contributed by atoms with van der Waals surface area (Å²) in [6.45, 7) is 5.09. The zero-order valence-corrected chi connectivity index (χ0v) is 14.2. The van der Waals surface area contributed by atoms with Crippen molar-refractivity contribution in [2.45, 2.75) is 26.3 Å². The lowest BCUT2D eigenvalue weighted by molar-refractivity contribution is 0.0759. The molecule has 1 amide bonds. The molecule has 0 fully saturated rings. The fourth-order valence-electron chi connectivity index (χ4n) is 2.86. The number of hydrogen-bond acceptors (Lipinski definition) is 3. The monoisotopic (exact) mass is 334 g/mol. The van der Waals surface area contributed by atoms with Crippen LogP contribution >= 0.6 is 12.4 Å². The van der Waals surface area contributed by atoms with Gasteiger partial charge in [0.2, 0.25) is 0 Å². The van der Waals surface area contributed by atoms with Gasteiger partial charge in [0.1, 0.15) is 0 Å². The van der Waals surface area contributed by atoms with Crippen LogP contribution in [-0.2, 0) is 19.4 Å². The maximum Gasteiger partial charge on any atom is 0.274 e. The molecule has 6 heteroatoms. The minimum atomic E-state index is 0. The zero-order chi connectivity index (χ0) is 15.4. The van der Waals surface area contributed by atoms with Crippen LogP contribution in [0.3, 0.4) is 0 Å². The van der Waals surface area contributed by atoms with Crippen LogP contribution < -0.4 is 5.32 Å². The topological polar surface area (TPSA) is 61.0 Å². The van der Waals surface area contributed by atoms with Crippen molar-refractivity contribution in [1.82, 2.24) is 20.4 Å². The first kappa shape index (κ1) is 17.5. The fourth-order valence-corrected chi connectivity index (χ4v) is 2.86. The molecular weight excluding hydrogens is 312 g/mol. The molecule has 124 valence electrons. The Bertz CT molecular complexity index is 641. The number of benzene rings is 1. The lowest BCUT2D eigenvalue weighted by Gasteiger charge is -2.21. The number of fused-ring (bicyclic) bond motifs is 1. The van der Waals surface area contributed by atoms with Crippen molar-refractivity contribution >= 4 is 18.3 Å². The predicted molar refractivity (Wildman–Crippen MR) is 93.0 cm³/mol. The molecular formula is C17H23ClN4O. The Balaban J connectivity index is 0.00000192. The van der Waals surface area contributed by atoms with Gasteiger partial charge in [-0.05, 0) is 18.9 Å². The number of hydrogen-bond donors (Lipinski definition) is 2. The Hall–Kier alpha value is -1.85. The molecule has 0 aliphatic carbocycles. The van der Waals surface area contributed by atoms with Crippen LogP contribution in [0.4, 0.5) is 0 Å². The molecule has 5 nitrogen and oxygen atoms in total. The largest absolute Gasteiger partial charge is 0.337 e. The normalized spacial score (nSPS) is 13.1. The Morgan fingerprint density at radius 3 is 2.83 bits per heavy atom. The van der Waals surface area contributed by atoms with Gasteiger partial charge in [-0.25, -0.2) is 0 Å². The van der Waals surface area contributed by atoms with E-state index in [0.29, 0.717) is 18.8 Å². The van der Waals surface area contributed by atoms with Crippen molar-refractivity contribution < 1.29 is 4.79 Å². The molecule has 2 heterocycles. The summed E-state index contributed by atoms with van der Waals surface area (Å²) in [4.78, 5) is 14.6. The Labute approximate surface area is 142 Å². The number of carbonyl (C=O) groups is 1. The second-order valence-corrected chi connectivity index (χ2v) is 5.58. The van der Waals surface area contributed by atoms with Crippen molar-refractivity contribution in [3.63, 3.8) is 0 Å². The molecule has 0 atom stereocenters. The number of nitrogens with zero attached hydrogens (tertiary/aromatic N) is 2. The lowest BCUT2D eigenvalue weighted by Crippen LogP contribution is -2.34. The number of aromatic amines is 1. The molecule has 0 saturated carbocycles. The van der Waals surface area contributed by atoms with Crippen LogP contribution in [0.5, 0.6) is 0 Å².